The number of hydrogen-bond donors (Lipinski definition) is 0. The highest BCUT2D eigenvalue weighted by Crippen LogP contribution is 2.84. The van der Waals surface area contributed by atoms with E-state index in [1.165, 1.54) is 7.11 Å². The predicted octanol–water partition coefficient (Wildman–Crippen LogP) is 4.59. The first-order valence-corrected chi connectivity index (χ1v) is 10.0. The zero-order valence-electron chi connectivity index (χ0n) is 16.0. The third-order valence-corrected chi connectivity index (χ3v) is 9.71. The minimum atomic E-state index is -0.326. The van der Waals surface area contributed by atoms with E-state index < -0.39 is 0 Å². The van der Waals surface area contributed by atoms with Crippen LogP contribution in [-0.2, 0) is 14.3 Å². The second-order valence-corrected chi connectivity index (χ2v) is 9.87. The highest BCUT2D eigenvalue weighted by atomic mass is 79.9. The van der Waals surface area contributed by atoms with Gasteiger partial charge in [0.05, 0.1) is 18.1 Å². The van der Waals surface area contributed by atoms with E-state index in [2.05, 4.69) is 62.7 Å². The molecule has 6 atom stereocenters. The number of fused-ring (bicyclic) bond motifs is 3. The minimum absolute atomic E-state index is 0.00344. The van der Waals surface area contributed by atoms with E-state index in [1.54, 1.807) is 7.11 Å². The van der Waals surface area contributed by atoms with Crippen molar-refractivity contribution in [2.24, 2.45) is 33.5 Å². The highest BCUT2D eigenvalue weighted by Gasteiger charge is 2.83. The number of carbonyl (C=O) groups is 1. The van der Waals surface area contributed by atoms with Crippen molar-refractivity contribution in [2.75, 3.05) is 19.5 Å². The van der Waals surface area contributed by atoms with E-state index in [0.29, 0.717) is 5.92 Å². The number of esters is 1. The summed E-state index contributed by atoms with van der Waals surface area (Å²) in [6, 6.07) is 0. The van der Waals surface area contributed by atoms with Gasteiger partial charge in [-0.25, -0.2) is 0 Å². The fraction of sp³-hybridized carbons (Fsp3) is 0.850. The molecule has 0 bridgehead atoms. The van der Waals surface area contributed by atoms with Crippen LogP contribution in [0.5, 0.6) is 0 Å². The van der Waals surface area contributed by atoms with Crippen LogP contribution in [0.2, 0.25) is 0 Å². The van der Waals surface area contributed by atoms with Crippen LogP contribution in [0.4, 0.5) is 0 Å². The van der Waals surface area contributed by atoms with E-state index in [-0.39, 0.29) is 39.1 Å². The zero-order chi connectivity index (χ0) is 18.2. The van der Waals surface area contributed by atoms with Gasteiger partial charge in [0.1, 0.15) is 0 Å². The molecule has 136 valence electrons. The number of allylic oxidation sites excluding steroid dienone is 1. The summed E-state index contributed by atoms with van der Waals surface area (Å²) in [7, 11) is 3.32. The number of methoxy groups -OCH3 is 2. The number of alkyl halides is 1. The molecule has 3 nitrogen and oxygen atoms in total. The first-order valence-electron chi connectivity index (χ1n) is 8.89. The van der Waals surface area contributed by atoms with Gasteiger partial charge in [0.15, 0.2) is 0 Å². The van der Waals surface area contributed by atoms with Crippen LogP contribution in [0.3, 0.4) is 0 Å². The van der Waals surface area contributed by atoms with E-state index in [1.807, 2.05) is 0 Å². The predicted molar refractivity (Wildman–Crippen MR) is 99.0 cm³/mol. The molecule has 0 N–H and O–H groups in total. The van der Waals surface area contributed by atoms with E-state index in [4.69, 9.17) is 9.47 Å². The lowest BCUT2D eigenvalue weighted by molar-refractivity contribution is -0.163. The summed E-state index contributed by atoms with van der Waals surface area (Å²) in [5.41, 5.74) is -0.733. The van der Waals surface area contributed by atoms with Crippen LogP contribution in [0.1, 0.15) is 47.5 Å². The van der Waals surface area contributed by atoms with Gasteiger partial charge in [-0.2, -0.15) is 0 Å². The molecule has 3 aliphatic rings. The molecule has 0 radical (unpaired) electrons. The van der Waals surface area contributed by atoms with Gasteiger partial charge >= 0.3 is 5.97 Å². The van der Waals surface area contributed by atoms with Crippen molar-refractivity contribution in [3.63, 3.8) is 0 Å². The monoisotopic (exact) mass is 398 g/mol. The van der Waals surface area contributed by atoms with Gasteiger partial charge in [-0.15, -0.1) is 0 Å². The first-order chi connectivity index (χ1) is 11.0. The second kappa shape index (κ2) is 5.09. The first kappa shape index (κ1) is 18.4. The number of ether oxygens (including phenoxy) is 2. The standard InChI is InChI=1S/C20H31BrO3/c1-16(2)14(17(3,12-21)24-7)8-9-18(4)19(16,5)10-13-11-20(13,18)15(22)23-6/h8-9,13-14H,10-12H2,1-7H3/t13-,14?,17?,18?,19?,20+/m0/s1. The molecular weight excluding hydrogens is 368 g/mol. The average Bonchev–Trinajstić information content (AvgIpc) is 3.22. The SMILES string of the molecule is COC(=O)[C@@]12C[C@@H]1CC1(C)C(C)(C)C(C(C)(CBr)OC)C=CC12C. The minimum Gasteiger partial charge on any atom is -0.469 e. The maximum Gasteiger partial charge on any atom is 0.312 e. The maximum absolute atomic E-state index is 12.7. The zero-order valence-corrected chi connectivity index (χ0v) is 17.6. The third-order valence-electron chi connectivity index (χ3n) is 8.59. The smallest absolute Gasteiger partial charge is 0.312 e. The molecule has 2 fully saturated rings. The molecule has 0 aliphatic heterocycles. The van der Waals surface area contributed by atoms with Crippen molar-refractivity contribution in [2.45, 2.75) is 53.1 Å². The van der Waals surface area contributed by atoms with Crippen molar-refractivity contribution in [3.8, 4) is 0 Å². The lowest BCUT2D eigenvalue weighted by Gasteiger charge is -2.61. The molecule has 0 heterocycles. The number of halogens is 1. The third kappa shape index (κ3) is 1.75. The fourth-order valence-electron chi connectivity index (χ4n) is 6.42. The molecule has 3 aliphatic carbocycles. The number of hydrogen-bond acceptors (Lipinski definition) is 3. The van der Waals surface area contributed by atoms with Gasteiger partial charge < -0.3 is 9.47 Å². The van der Waals surface area contributed by atoms with Crippen LogP contribution in [0.15, 0.2) is 12.2 Å². The van der Waals surface area contributed by atoms with E-state index >= 15 is 0 Å². The van der Waals surface area contributed by atoms with Crippen molar-refractivity contribution in [1.29, 1.82) is 0 Å². The Labute approximate surface area is 154 Å². The molecule has 0 aromatic rings. The maximum atomic E-state index is 12.7. The lowest BCUT2D eigenvalue weighted by Crippen LogP contribution is -2.60. The Morgan fingerprint density at radius 1 is 1.25 bits per heavy atom. The lowest BCUT2D eigenvalue weighted by atomic mass is 9.43. The summed E-state index contributed by atoms with van der Waals surface area (Å²) in [6.45, 7) is 11.6. The van der Waals surface area contributed by atoms with E-state index in [9.17, 15) is 4.79 Å². The molecule has 0 saturated heterocycles. The number of carbonyl (C=O) groups excluding carboxylic acids is 1. The quantitative estimate of drug-likeness (QED) is 0.394. The van der Waals surface area contributed by atoms with E-state index in [0.717, 1.165) is 18.2 Å². The van der Waals surface area contributed by atoms with Crippen LogP contribution >= 0.6 is 15.9 Å². The van der Waals surface area contributed by atoms with Gasteiger partial charge in [0.25, 0.3) is 0 Å². The van der Waals surface area contributed by atoms with Gasteiger partial charge in [-0.1, -0.05) is 55.8 Å². The summed E-state index contributed by atoms with van der Waals surface area (Å²) in [6.07, 6.45) is 6.69. The summed E-state index contributed by atoms with van der Waals surface area (Å²) >= 11 is 3.66. The Morgan fingerprint density at radius 2 is 1.88 bits per heavy atom. The van der Waals surface area contributed by atoms with Crippen LogP contribution in [0.25, 0.3) is 0 Å². The van der Waals surface area contributed by atoms with Crippen LogP contribution in [-0.4, -0.2) is 31.1 Å². The summed E-state index contributed by atoms with van der Waals surface area (Å²) in [4.78, 5) is 12.7. The molecule has 4 heteroatoms. The molecule has 0 amide bonds. The highest BCUT2D eigenvalue weighted by molar-refractivity contribution is 9.09. The molecule has 3 rings (SSSR count). The Balaban J connectivity index is 2.14. The Hall–Kier alpha value is -0.350. The van der Waals surface area contributed by atoms with Gasteiger partial charge in [-0.05, 0) is 36.5 Å². The summed E-state index contributed by atoms with van der Waals surface area (Å²) in [5.74, 6) is 0.702. The normalized spacial score (nSPS) is 47.5. The molecule has 0 spiro atoms. The molecule has 24 heavy (non-hydrogen) atoms. The Bertz CT molecular complexity index is 594. The molecule has 0 aromatic carbocycles. The molecule has 2 saturated carbocycles. The van der Waals surface area contributed by atoms with Gasteiger partial charge in [-0.3, -0.25) is 4.79 Å². The Kier molecular flexibility index (Phi) is 3.91. The van der Waals surface area contributed by atoms with Gasteiger partial charge in [0, 0.05) is 23.8 Å². The van der Waals surface area contributed by atoms with Crippen molar-refractivity contribution in [1.82, 2.24) is 0 Å². The molecule has 0 aromatic heterocycles. The van der Waals surface area contributed by atoms with Crippen LogP contribution < -0.4 is 0 Å². The van der Waals surface area contributed by atoms with Crippen molar-refractivity contribution >= 4 is 21.9 Å². The fourth-order valence-corrected chi connectivity index (χ4v) is 7.00. The largest absolute Gasteiger partial charge is 0.469 e. The molecule has 4 unspecified atom stereocenters. The Morgan fingerprint density at radius 3 is 2.38 bits per heavy atom. The average molecular weight is 399 g/mol. The second-order valence-electron chi connectivity index (χ2n) is 9.31. The molecular formula is C20H31BrO3. The topological polar surface area (TPSA) is 35.5 Å². The van der Waals surface area contributed by atoms with Crippen molar-refractivity contribution in [3.05, 3.63) is 12.2 Å². The summed E-state index contributed by atoms with van der Waals surface area (Å²) < 4.78 is 11.2. The number of rotatable bonds is 4. The van der Waals surface area contributed by atoms with Crippen LogP contribution in [0, 0.1) is 33.5 Å². The van der Waals surface area contributed by atoms with Gasteiger partial charge in [0.2, 0.25) is 0 Å². The van der Waals surface area contributed by atoms with Crippen molar-refractivity contribution < 1.29 is 14.3 Å². The summed E-state index contributed by atoms with van der Waals surface area (Å²) in [5, 5.41) is 0.785.